The predicted molar refractivity (Wildman–Crippen MR) is 259 cm³/mol. The van der Waals surface area contributed by atoms with Crippen molar-refractivity contribution in [3.8, 4) is 0 Å². The molecule has 0 aliphatic carbocycles. The first-order valence-electron chi connectivity index (χ1n) is 23.5. The maximum atomic E-state index is 14.1. The van der Waals surface area contributed by atoms with Crippen LogP contribution in [0.3, 0.4) is 0 Å². The molecule has 8 rings (SSSR count). The van der Waals surface area contributed by atoms with Gasteiger partial charge >= 0.3 is 35.8 Å². The Morgan fingerprint density at radius 3 is 0.919 bits per heavy atom. The molecule has 6 aromatic carbocycles. The van der Waals surface area contributed by atoms with E-state index in [9.17, 15) is 33.9 Å². The van der Waals surface area contributed by atoms with Crippen LogP contribution in [0.5, 0.6) is 0 Å². The van der Waals surface area contributed by atoms with Crippen molar-refractivity contribution in [3.05, 3.63) is 215 Å². The molecule has 0 spiro atoms. The lowest BCUT2D eigenvalue weighted by atomic mass is 9.96. The number of ether oxygens (including phenoxy) is 10. The number of carbonyl (C=O) groups is 6. The smallest absolute Gasteiger partial charge is 0.338 e. The van der Waals surface area contributed by atoms with Crippen LogP contribution < -0.4 is 5.73 Å². The Morgan fingerprint density at radius 1 is 0.365 bits per heavy atom. The highest BCUT2D eigenvalue weighted by Gasteiger charge is 2.56. The molecule has 3 N–H and O–H groups in total. The third-order valence-corrected chi connectivity index (χ3v) is 11.7. The van der Waals surface area contributed by atoms with E-state index in [2.05, 4.69) is 0 Å². The summed E-state index contributed by atoms with van der Waals surface area (Å²) in [5.74, 6) is -5.48. The molecule has 2 heterocycles. The summed E-state index contributed by atoms with van der Waals surface area (Å²) in [5, 5.41) is 10.9. The molecule has 10 atom stereocenters. The number of nitrogens with two attached hydrogens (primary N) is 1. The Kier molecular flexibility index (Phi) is 18.0. The molecule has 0 saturated carbocycles. The molecular formula is C56H51NO17. The summed E-state index contributed by atoms with van der Waals surface area (Å²) in [6.07, 6.45) is -16.7. The van der Waals surface area contributed by atoms with Gasteiger partial charge in [-0.3, -0.25) is 0 Å². The van der Waals surface area contributed by atoms with Crippen molar-refractivity contribution in [2.45, 2.75) is 61.4 Å². The van der Waals surface area contributed by atoms with E-state index in [0.717, 1.165) is 0 Å². The standard InChI is InChI=1S/C56H51NO17/c57-31-32-65-55-47(73-53(63)39-27-15-5-16-28-39)46(72-52(62)38-25-13-4-14-26-38)44(70-50(60)36-21-9-2-10-22-36)42(68-55)34-66-56-48(74-54(64)40-29-17-6-18-30-40)45(71-51(61)37-23-11-3-12-24-37)43(41(33-58)67-56)69-49(59)35-19-7-1-8-20-35/h1-30,41-48,55-56,58H,31-34,57H2/t41-,42-,43-,44-,45+,46+,47-,48-,55-,56-/m1/s1. The summed E-state index contributed by atoms with van der Waals surface area (Å²) < 4.78 is 61.9. The van der Waals surface area contributed by atoms with E-state index in [1.165, 1.54) is 72.8 Å². The zero-order valence-corrected chi connectivity index (χ0v) is 39.5. The number of esters is 6. The van der Waals surface area contributed by atoms with Crippen molar-refractivity contribution in [3.63, 3.8) is 0 Å². The third-order valence-electron chi connectivity index (χ3n) is 11.7. The van der Waals surface area contributed by atoms with Gasteiger partial charge in [0.15, 0.2) is 49.2 Å². The number of aliphatic hydroxyl groups excluding tert-OH is 1. The Balaban J connectivity index is 1.20. The largest absolute Gasteiger partial charge is 0.452 e. The maximum absolute atomic E-state index is 14.1. The first kappa shape index (κ1) is 52.2. The van der Waals surface area contributed by atoms with E-state index in [4.69, 9.17) is 53.1 Å². The van der Waals surface area contributed by atoms with Crippen LogP contribution in [0.15, 0.2) is 182 Å². The highest BCUT2D eigenvalue weighted by molar-refractivity contribution is 5.92. The van der Waals surface area contributed by atoms with Gasteiger partial charge in [-0.1, -0.05) is 109 Å². The minimum atomic E-state index is -1.81. The lowest BCUT2D eigenvalue weighted by Gasteiger charge is -2.46. The molecule has 382 valence electrons. The van der Waals surface area contributed by atoms with E-state index >= 15 is 0 Å². The summed E-state index contributed by atoms with van der Waals surface area (Å²) >= 11 is 0. The molecule has 2 saturated heterocycles. The molecular weight excluding hydrogens is 959 g/mol. The van der Waals surface area contributed by atoms with E-state index in [0.29, 0.717) is 0 Å². The van der Waals surface area contributed by atoms with Crippen LogP contribution in [0.1, 0.15) is 62.1 Å². The van der Waals surface area contributed by atoms with Crippen LogP contribution in [0.25, 0.3) is 0 Å². The second-order valence-corrected chi connectivity index (χ2v) is 16.7. The fraction of sp³-hybridized carbons (Fsp3) is 0.250. The average Bonchev–Trinajstić information content (AvgIpc) is 3.45. The maximum Gasteiger partial charge on any atom is 0.338 e. The number of aliphatic hydroxyl groups is 1. The van der Waals surface area contributed by atoms with Crippen molar-refractivity contribution >= 4 is 35.8 Å². The van der Waals surface area contributed by atoms with E-state index < -0.39 is 110 Å². The Morgan fingerprint density at radius 2 is 0.622 bits per heavy atom. The van der Waals surface area contributed by atoms with Gasteiger partial charge in [-0.2, -0.15) is 0 Å². The van der Waals surface area contributed by atoms with Gasteiger partial charge in [0.25, 0.3) is 0 Å². The summed E-state index contributed by atoms with van der Waals surface area (Å²) in [7, 11) is 0. The molecule has 6 aromatic rings. The molecule has 0 amide bonds. The van der Waals surface area contributed by atoms with Crippen LogP contribution in [0.2, 0.25) is 0 Å². The second kappa shape index (κ2) is 25.5. The van der Waals surface area contributed by atoms with Gasteiger partial charge in [-0.05, 0) is 72.8 Å². The second-order valence-electron chi connectivity index (χ2n) is 16.7. The zero-order chi connectivity index (χ0) is 51.8. The predicted octanol–water partition coefficient (Wildman–Crippen LogP) is 5.77. The van der Waals surface area contributed by atoms with Crippen molar-refractivity contribution in [1.29, 1.82) is 0 Å². The lowest BCUT2D eigenvalue weighted by Crippen LogP contribution is -2.65. The van der Waals surface area contributed by atoms with Crippen molar-refractivity contribution in [1.82, 2.24) is 0 Å². The molecule has 0 radical (unpaired) electrons. The first-order valence-corrected chi connectivity index (χ1v) is 23.5. The van der Waals surface area contributed by atoms with Gasteiger partial charge in [0, 0.05) is 6.54 Å². The third kappa shape index (κ3) is 13.1. The summed E-state index contributed by atoms with van der Waals surface area (Å²) in [4.78, 5) is 84.0. The molecule has 0 unspecified atom stereocenters. The van der Waals surface area contributed by atoms with Gasteiger partial charge in [0.05, 0.1) is 53.2 Å². The molecule has 18 heteroatoms. The van der Waals surface area contributed by atoms with E-state index in [-0.39, 0.29) is 46.5 Å². The first-order chi connectivity index (χ1) is 36.1. The molecule has 2 aliphatic rings. The van der Waals surface area contributed by atoms with E-state index in [1.807, 2.05) is 0 Å². The van der Waals surface area contributed by atoms with Gasteiger partial charge in [0.1, 0.15) is 12.2 Å². The monoisotopic (exact) mass is 1010 g/mol. The highest BCUT2D eigenvalue weighted by Crippen LogP contribution is 2.35. The van der Waals surface area contributed by atoms with Gasteiger partial charge < -0.3 is 58.2 Å². The summed E-state index contributed by atoms with van der Waals surface area (Å²) in [5.41, 5.74) is 6.39. The lowest BCUT2D eigenvalue weighted by molar-refractivity contribution is -0.328. The van der Waals surface area contributed by atoms with Crippen molar-refractivity contribution in [2.24, 2.45) is 5.73 Å². The normalized spacial score (nSPS) is 23.3. The molecule has 2 fully saturated rings. The molecule has 74 heavy (non-hydrogen) atoms. The Bertz CT molecular complexity index is 2790. The van der Waals surface area contributed by atoms with Crippen LogP contribution >= 0.6 is 0 Å². The van der Waals surface area contributed by atoms with Crippen LogP contribution in [0.4, 0.5) is 0 Å². The SMILES string of the molecule is NCCO[C@@H]1O[C@H](CO[C@@H]2O[C@H](CO)[C@@H](OC(=O)c3ccccc3)[C@H](OC(=O)c3ccccc3)[C@H]2OC(=O)c2ccccc2)[C@@H](OC(=O)c2ccccc2)[C@H](OC(=O)c2ccccc2)[C@H]1OC(=O)c1ccccc1. The topological polar surface area (TPSA) is 241 Å². The minimum absolute atomic E-state index is 0.0483. The number of rotatable bonds is 19. The van der Waals surface area contributed by atoms with Gasteiger partial charge in [-0.15, -0.1) is 0 Å². The minimum Gasteiger partial charge on any atom is -0.452 e. The van der Waals surface area contributed by atoms with E-state index in [1.54, 1.807) is 109 Å². The fourth-order valence-corrected chi connectivity index (χ4v) is 8.08. The fourth-order valence-electron chi connectivity index (χ4n) is 8.08. The summed E-state index contributed by atoms with van der Waals surface area (Å²) in [6.45, 7) is -1.79. The van der Waals surface area contributed by atoms with Crippen LogP contribution in [0, 0.1) is 0 Å². The molecule has 2 aliphatic heterocycles. The average molecular weight is 1010 g/mol. The van der Waals surface area contributed by atoms with Crippen LogP contribution in [-0.2, 0) is 47.4 Å². The molecule has 18 nitrogen and oxygen atoms in total. The Hall–Kier alpha value is -8.10. The number of benzene rings is 6. The quantitative estimate of drug-likeness (QED) is 0.0722. The van der Waals surface area contributed by atoms with Crippen LogP contribution in [-0.4, -0.2) is 129 Å². The zero-order valence-electron chi connectivity index (χ0n) is 39.5. The molecule has 0 aromatic heterocycles. The van der Waals surface area contributed by atoms with Gasteiger partial charge in [0.2, 0.25) is 0 Å². The van der Waals surface area contributed by atoms with Gasteiger partial charge in [-0.25, -0.2) is 28.8 Å². The van der Waals surface area contributed by atoms with Crippen molar-refractivity contribution < 1.29 is 81.2 Å². The number of hydrogen-bond acceptors (Lipinski definition) is 18. The number of hydrogen-bond donors (Lipinski definition) is 2. The summed E-state index contributed by atoms with van der Waals surface area (Å²) in [6, 6.07) is 47.1. The Labute approximate surface area is 424 Å². The number of carbonyl (C=O) groups excluding carboxylic acids is 6. The molecule has 0 bridgehead atoms. The van der Waals surface area contributed by atoms with Crippen molar-refractivity contribution in [2.75, 3.05) is 26.4 Å². The highest BCUT2D eigenvalue weighted by atomic mass is 16.8.